The third kappa shape index (κ3) is 3.91. The Bertz CT molecular complexity index is 937. The van der Waals surface area contributed by atoms with Crippen LogP contribution in [-0.4, -0.2) is 32.5 Å². The Morgan fingerprint density at radius 1 is 1.21 bits per heavy atom. The van der Waals surface area contributed by atoms with Crippen LogP contribution in [0.2, 0.25) is 0 Å². The van der Waals surface area contributed by atoms with Gasteiger partial charge in [0.2, 0.25) is 5.91 Å². The maximum atomic E-state index is 13.0. The van der Waals surface area contributed by atoms with E-state index < -0.39 is 0 Å². The molecular weight excluding hydrogens is 350 g/mol. The number of carbonyl (C=O) groups is 1. The fourth-order valence-corrected chi connectivity index (χ4v) is 3.97. The van der Waals surface area contributed by atoms with E-state index in [9.17, 15) is 4.79 Å². The van der Waals surface area contributed by atoms with Crippen molar-refractivity contribution in [3.05, 3.63) is 66.1 Å². The zero-order chi connectivity index (χ0) is 19.3. The number of nitrogens with zero attached hydrogens (tertiary/aromatic N) is 3. The van der Waals surface area contributed by atoms with Crippen molar-refractivity contribution in [2.24, 2.45) is 0 Å². The first kappa shape index (κ1) is 18.2. The second-order valence-electron chi connectivity index (χ2n) is 7.25. The van der Waals surface area contributed by atoms with Crippen LogP contribution in [0.1, 0.15) is 43.0 Å². The number of hydrogen-bond donors (Lipinski definition) is 2. The summed E-state index contributed by atoms with van der Waals surface area (Å²) in [6.45, 7) is 0.787. The van der Waals surface area contributed by atoms with Crippen molar-refractivity contribution in [3.8, 4) is 11.1 Å². The third-order valence-electron chi connectivity index (χ3n) is 5.39. The Kier molecular flexibility index (Phi) is 5.37. The van der Waals surface area contributed by atoms with Crippen molar-refractivity contribution in [1.29, 1.82) is 0 Å². The van der Waals surface area contributed by atoms with Gasteiger partial charge in [-0.05, 0) is 48.9 Å². The molecule has 1 aliphatic heterocycles. The summed E-state index contributed by atoms with van der Waals surface area (Å²) in [6.07, 6.45) is 7.87. The van der Waals surface area contributed by atoms with Crippen molar-refractivity contribution in [1.82, 2.24) is 20.1 Å². The number of likely N-dealkylation sites (tertiary alicyclic amines) is 1. The van der Waals surface area contributed by atoms with E-state index in [0.29, 0.717) is 12.2 Å². The number of pyridine rings is 1. The summed E-state index contributed by atoms with van der Waals surface area (Å²) in [5.74, 6) is 0.674. The van der Waals surface area contributed by atoms with Crippen molar-refractivity contribution in [2.45, 2.75) is 38.1 Å². The molecule has 6 heteroatoms. The van der Waals surface area contributed by atoms with Crippen LogP contribution in [0.25, 0.3) is 11.1 Å². The number of aromatic nitrogens is 3. The predicted octanol–water partition coefficient (Wildman–Crippen LogP) is 3.74. The number of nitrogens with one attached hydrogen (secondary N) is 1. The van der Waals surface area contributed by atoms with E-state index in [1.807, 2.05) is 41.4 Å². The fourth-order valence-electron chi connectivity index (χ4n) is 3.97. The molecule has 3 aromatic rings. The van der Waals surface area contributed by atoms with Gasteiger partial charge < -0.3 is 10.6 Å². The van der Waals surface area contributed by atoms with Crippen molar-refractivity contribution in [2.75, 3.05) is 12.3 Å². The number of H-pyrrole nitrogens is 1. The number of piperidine rings is 1. The fraction of sp³-hybridized carbons (Fsp3) is 0.318. The minimum atomic E-state index is 0.0175. The Hall–Kier alpha value is -3.15. The lowest BCUT2D eigenvalue weighted by Crippen LogP contribution is -2.39. The lowest BCUT2D eigenvalue weighted by molar-refractivity contribution is -0.135. The zero-order valence-corrected chi connectivity index (χ0v) is 15.8. The van der Waals surface area contributed by atoms with Crippen molar-refractivity contribution < 1.29 is 4.79 Å². The SMILES string of the molecule is Nc1cc(-c2cn[nH]c2C2CCCCN2C(=O)CCc2ccccc2)ccn1. The van der Waals surface area contributed by atoms with Crippen molar-refractivity contribution in [3.63, 3.8) is 0 Å². The summed E-state index contributed by atoms with van der Waals surface area (Å²) in [5, 5.41) is 7.41. The van der Waals surface area contributed by atoms with E-state index in [-0.39, 0.29) is 11.9 Å². The second-order valence-corrected chi connectivity index (χ2v) is 7.25. The molecule has 2 aromatic heterocycles. The summed E-state index contributed by atoms with van der Waals surface area (Å²) in [4.78, 5) is 19.1. The van der Waals surface area contributed by atoms with E-state index in [2.05, 4.69) is 27.3 Å². The van der Waals surface area contributed by atoms with E-state index in [0.717, 1.165) is 49.0 Å². The highest BCUT2D eigenvalue weighted by molar-refractivity contribution is 5.78. The van der Waals surface area contributed by atoms with Gasteiger partial charge in [0, 0.05) is 24.7 Å². The smallest absolute Gasteiger partial charge is 0.223 e. The molecule has 1 saturated heterocycles. The first-order chi connectivity index (χ1) is 13.7. The minimum Gasteiger partial charge on any atom is -0.384 e. The quantitative estimate of drug-likeness (QED) is 0.711. The van der Waals surface area contributed by atoms with Crippen LogP contribution in [0.15, 0.2) is 54.9 Å². The Labute approximate surface area is 164 Å². The standard InChI is InChI=1S/C22H25N5O/c23-20-14-17(11-12-24-20)18-15-25-26-22(18)19-8-4-5-13-27(19)21(28)10-9-16-6-2-1-3-7-16/h1-3,6-7,11-12,14-15,19H,4-5,8-10,13H2,(H2,23,24)(H,25,26). The summed E-state index contributed by atoms with van der Waals surface area (Å²) >= 11 is 0. The highest BCUT2D eigenvalue weighted by atomic mass is 16.2. The summed E-state index contributed by atoms with van der Waals surface area (Å²) in [5.41, 5.74) is 9.99. The number of anilines is 1. The third-order valence-corrected chi connectivity index (χ3v) is 5.39. The molecule has 3 N–H and O–H groups in total. The average Bonchev–Trinajstić information content (AvgIpc) is 3.22. The summed E-state index contributed by atoms with van der Waals surface area (Å²) in [6, 6.07) is 14.0. The van der Waals surface area contributed by atoms with E-state index in [4.69, 9.17) is 5.73 Å². The number of nitrogen functional groups attached to an aromatic ring is 1. The Morgan fingerprint density at radius 2 is 2.07 bits per heavy atom. The van der Waals surface area contributed by atoms with Gasteiger partial charge in [0.1, 0.15) is 5.82 Å². The van der Waals surface area contributed by atoms with E-state index in [1.54, 1.807) is 6.20 Å². The van der Waals surface area contributed by atoms with E-state index >= 15 is 0 Å². The van der Waals surface area contributed by atoms with E-state index in [1.165, 1.54) is 5.56 Å². The molecule has 0 radical (unpaired) electrons. The largest absolute Gasteiger partial charge is 0.384 e. The molecule has 1 unspecified atom stereocenters. The van der Waals surface area contributed by atoms with Crippen LogP contribution in [-0.2, 0) is 11.2 Å². The molecular formula is C22H25N5O. The number of aromatic amines is 1. The lowest BCUT2D eigenvalue weighted by Gasteiger charge is -2.36. The first-order valence-electron chi connectivity index (χ1n) is 9.81. The van der Waals surface area contributed by atoms with Crippen LogP contribution >= 0.6 is 0 Å². The summed E-state index contributed by atoms with van der Waals surface area (Å²) in [7, 11) is 0. The molecule has 6 nitrogen and oxygen atoms in total. The summed E-state index contributed by atoms with van der Waals surface area (Å²) < 4.78 is 0. The van der Waals surface area contributed by atoms with Gasteiger partial charge in [-0.2, -0.15) is 5.10 Å². The number of carbonyl (C=O) groups excluding carboxylic acids is 1. The van der Waals surface area contributed by atoms with Gasteiger partial charge in [0.05, 0.1) is 17.9 Å². The predicted molar refractivity (Wildman–Crippen MR) is 109 cm³/mol. The molecule has 0 bridgehead atoms. The maximum absolute atomic E-state index is 13.0. The molecule has 144 valence electrons. The Balaban J connectivity index is 1.55. The molecule has 1 amide bonds. The monoisotopic (exact) mass is 375 g/mol. The average molecular weight is 375 g/mol. The molecule has 0 saturated carbocycles. The second kappa shape index (κ2) is 8.25. The molecule has 0 aliphatic carbocycles. The van der Waals surface area contributed by atoms with Crippen LogP contribution in [0.3, 0.4) is 0 Å². The minimum absolute atomic E-state index is 0.0175. The molecule has 4 rings (SSSR count). The first-order valence-corrected chi connectivity index (χ1v) is 9.81. The maximum Gasteiger partial charge on any atom is 0.223 e. The number of benzene rings is 1. The number of amides is 1. The number of aryl methyl sites for hydroxylation is 1. The van der Waals surface area contributed by atoms with Gasteiger partial charge in [0.15, 0.2) is 0 Å². The number of hydrogen-bond acceptors (Lipinski definition) is 4. The molecule has 28 heavy (non-hydrogen) atoms. The van der Waals surface area contributed by atoms with Gasteiger partial charge in [-0.15, -0.1) is 0 Å². The number of nitrogens with two attached hydrogens (primary N) is 1. The molecule has 1 fully saturated rings. The van der Waals surface area contributed by atoms with Crippen LogP contribution in [0.5, 0.6) is 0 Å². The van der Waals surface area contributed by atoms with Crippen LogP contribution in [0, 0.1) is 0 Å². The van der Waals surface area contributed by atoms with Crippen LogP contribution < -0.4 is 5.73 Å². The van der Waals surface area contributed by atoms with Crippen molar-refractivity contribution >= 4 is 11.7 Å². The zero-order valence-electron chi connectivity index (χ0n) is 15.8. The van der Waals surface area contributed by atoms with Crippen LogP contribution in [0.4, 0.5) is 5.82 Å². The molecule has 1 aliphatic rings. The van der Waals surface area contributed by atoms with Gasteiger partial charge in [-0.3, -0.25) is 9.89 Å². The normalized spacial score (nSPS) is 16.9. The number of rotatable bonds is 5. The van der Waals surface area contributed by atoms with Gasteiger partial charge in [-0.1, -0.05) is 30.3 Å². The molecule has 3 heterocycles. The molecule has 1 atom stereocenters. The Morgan fingerprint density at radius 3 is 2.89 bits per heavy atom. The highest BCUT2D eigenvalue weighted by Gasteiger charge is 2.30. The lowest BCUT2D eigenvalue weighted by atomic mass is 9.94. The highest BCUT2D eigenvalue weighted by Crippen LogP contribution is 2.36. The molecule has 0 spiro atoms. The van der Waals surface area contributed by atoms with Gasteiger partial charge in [-0.25, -0.2) is 4.98 Å². The van der Waals surface area contributed by atoms with Gasteiger partial charge in [0.25, 0.3) is 0 Å². The molecule has 1 aromatic carbocycles. The van der Waals surface area contributed by atoms with Gasteiger partial charge >= 0.3 is 0 Å². The topological polar surface area (TPSA) is 87.9 Å².